The lowest BCUT2D eigenvalue weighted by atomic mass is 9.95. The van der Waals surface area contributed by atoms with E-state index in [9.17, 15) is 19.5 Å². The number of alkyl carbamates (subject to hydrolysis) is 1. The van der Waals surface area contributed by atoms with E-state index < -0.39 is 35.6 Å². The van der Waals surface area contributed by atoms with Gasteiger partial charge in [0, 0.05) is 12.2 Å². The Bertz CT molecular complexity index is 1380. The Balaban J connectivity index is 2.04. The van der Waals surface area contributed by atoms with Gasteiger partial charge in [-0.3, -0.25) is 9.59 Å². The lowest BCUT2D eigenvalue weighted by Gasteiger charge is -2.35. The number of nitrogens with zero attached hydrogens (tertiary/aromatic N) is 1. The summed E-state index contributed by atoms with van der Waals surface area (Å²) in [7, 11) is 0. The van der Waals surface area contributed by atoms with Crippen LogP contribution in [0, 0.1) is 5.92 Å². The van der Waals surface area contributed by atoms with Gasteiger partial charge >= 0.3 is 6.09 Å². The molecule has 8 heteroatoms. The SMILES string of the molecule is C=Cc1cccc(C(C(=O)Nc2ccc3ccccc3c2)N(CCO)C(=O)C(NC(=O)OC(C)(C)C)C(C)CC)c1. The Morgan fingerprint density at radius 1 is 1.02 bits per heavy atom. The van der Waals surface area contributed by atoms with Gasteiger partial charge in [0.15, 0.2) is 0 Å². The summed E-state index contributed by atoms with van der Waals surface area (Å²) in [6.45, 7) is 12.3. The number of anilines is 1. The molecular weight excluding hydrogens is 518 g/mol. The fraction of sp³-hybridized carbons (Fsp3) is 0.364. The summed E-state index contributed by atoms with van der Waals surface area (Å²) in [6.07, 6.45) is 1.51. The minimum Gasteiger partial charge on any atom is -0.444 e. The van der Waals surface area contributed by atoms with Crippen molar-refractivity contribution >= 4 is 40.4 Å². The molecule has 0 aliphatic rings. The Kier molecular flexibility index (Phi) is 10.7. The quantitative estimate of drug-likeness (QED) is 0.270. The van der Waals surface area contributed by atoms with Crippen LogP contribution in [0.3, 0.4) is 0 Å². The molecule has 0 aliphatic carbocycles. The Hall–Kier alpha value is -4.17. The largest absolute Gasteiger partial charge is 0.444 e. The van der Waals surface area contributed by atoms with Gasteiger partial charge in [-0.2, -0.15) is 0 Å². The number of hydrogen-bond acceptors (Lipinski definition) is 5. The van der Waals surface area contributed by atoms with Gasteiger partial charge in [-0.05, 0) is 66.8 Å². The molecule has 0 spiro atoms. The standard InChI is InChI=1S/C33H41N3O5/c1-7-22(3)28(35-32(40)41-33(4,5)6)31(39)36(18-19-37)29(26-15-11-12-23(8-2)20-26)30(38)34-27-17-16-24-13-9-10-14-25(24)21-27/h8-17,20-22,28-29,37H,2,7,18-19H2,1,3-6H3,(H,34,38)(H,35,40). The van der Waals surface area contributed by atoms with Crippen LogP contribution in [0.1, 0.15) is 58.2 Å². The first-order valence-corrected chi connectivity index (χ1v) is 13.9. The summed E-state index contributed by atoms with van der Waals surface area (Å²) >= 11 is 0. The van der Waals surface area contributed by atoms with Gasteiger partial charge in [-0.15, -0.1) is 0 Å². The van der Waals surface area contributed by atoms with Crippen LogP contribution in [-0.2, 0) is 14.3 Å². The van der Waals surface area contributed by atoms with Gasteiger partial charge in [-0.1, -0.05) is 81.5 Å². The van der Waals surface area contributed by atoms with Crippen LogP contribution in [0.4, 0.5) is 10.5 Å². The van der Waals surface area contributed by atoms with Crippen molar-refractivity contribution in [1.29, 1.82) is 0 Å². The third-order valence-corrected chi connectivity index (χ3v) is 6.81. The van der Waals surface area contributed by atoms with Crippen molar-refractivity contribution in [2.75, 3.05) is 18.5 Å². The maximum Gasteiger partial charge on any atom is 0.408 e. The third-order valence-electron chi connectivity index (χ3n) is 6.81. The lowest BCUT2D eigenvalue weighted by Crippen LogP contribution is -2.55. The number of hydrogen-bond donors (Lipinski definition) is 3. The molecule has 0 aromatic heterocycles. The van der Waals surface area contributed by atoms with Crippen LogP contribution in [0.15, 0.2) is 73.3 Å². The Labute approximate surface area is 242 Å². The van der Waals surface area contributed by atoms with Crippen LogP contribution in [0.5, 0.6) is 0 Å². The van der Waals surface area contributed by atoms with Crippen LogP contribution in [0.2, 0.25) is 0 Å². The van der Waals surface area contributed by atoms with E-state index in [0.717, 1.165) is 16.3 Å². The fourth-order valence-corrected chi connectivity index (χ4v) is 4.58. The average molecular weight is 560 g/mol. The minimum absolute atomic E-state index is 0.129. The van der Waals surface area contributed by atoms with E-state index in [2.05, 4.69) is 17.2 Å². The van der Waals surface area contributed by atoms with Crippen molar-refractivity contribution in [2.45, 2.75) is 58.7 Å². The molecule has 0 aliphatic heterocycles. The number of nitrogens with one attached hydrogen (secondary N) is 2. The predicted octanol–water partition coefficient (Wildman–Crippen LogP) is 5.92. The van der Waals surface area contributed by atoms with Crippen LogP contribution in [-0.4, -0.2) is 52.7 Å². The molecule has 218 valence electrons. The first-order valence-electron chi connectivity index (χ1n) is 13.9. The summed E-state index contributed by atoms with van der Waals surface area (Å²) < 4.78 is 5.43. The molecule has 0 saturated heterocycles. The molecule has 41 heavy (non-hydrogen) atoms. The first-order chi connectivity index (χ1) is 19.5. The molecule has 3 atom stereocenters. The average Bonchev–Trinajstić information content (AvgIpc) is 2.94. The molecule has 0 fully saturated rings. The maximum absolute atomic E-state index is 14.2. The minimum atomic E-state index is -1.10. The van der Waals surface area contributed by atoms with Crippen molar-refractivity contribution in [3.8, 4) is 0 Å². The van der Waals surface area contributed by atoms with E-state index in [1.54, 1.807) is 45.0 Å². The second kappa shape index (κ2) is 13.9. The number of benzene rings is 3. The van der Waals surface area contributed by atoms with Crippen molar-refractivity contribution in [2.24, 2.45) is 5.92 Å². The summed E-state index contributed by atoms with van der Waals surface area (Å²) in [4.78, 5) is 42.3. The van der Waals surface area contributed by atoms with E-state index in [1.165, 1.54) is 4.90 Å². The zero-order chi connectivity index (χ0) is 30.2. The monoisotopic (exact) mass is 559 g/mol. The highest BCUT2D eigenvalue weighted by Gasteiger charge is 2.38. The molecule has 0 heterocycles. The Morgan fingerprint density at radius 2 is 1.73 bits per heavy atom. The fourth-order valence-electron chi connectivity index (χ4n) is 4.58. The number of carbonyl (C=O) groups excluding carboxylic acids is 3. The molecule has 3 rings (SSSR count). The second-order valence-electron chi connectivity index (χ2n) is 11.1. The molecular formula is C33H41N3O5. The highest BCUT2D eigenvalue weighted by atomic mass is 16.6. The second-order valence-corrected chi connectivity index (χ2v) is 11.1. The molecule has 3 unspecified atom stereocenters. The van der Waals surface area contributed by atoms with Crippen molar-refractivity contribution in [3.63, 3.8) is 0 Å². The highest BCUT2D eigenvalue weighted by molar-refractivity contribution is 6.00. The smallest absolute Gasteiger partial charge is 0.408 e. The number of aliphatic hydroxyl groups is 1. The van der Waals surface area contributed by atoms with Crippen LogP contribution < -0.4 is 10.6 Å². The third kappa shape index (κ3) is 8.41. The summed E-state index contributed by atoms with van der Waals surface area (Å²) in [5.74, 6) is -1.23. The number of ether oxygens (including phenoxy) is 1. The van der Waals surface area contributed by atoms with E-state index in [-0.39, 0.29) is 19.1 Å². The first kappa shape index (κ1) is 31.4. The number of carbonyl (C=O) groups is 3. The van der Waals surface area contributed by atoms with Gasteiger partial charge in [0.1, 0.15) is 17.7 Å². The summed E-state index contributed by atoms with van der Waals surface area (Å²) in [6, 6.07) is 18.5. The zero-order valence-electron chi connectivity index (χ0n) is 24.5. The molecule has 3 aromatic carbocycles. The molecule has 3 amide bonds. The number of fused-ring (bicyclic) bond motifs is 1. The van der Waals surface area contributed by atoms with Gasteiger partial charge in [0.2, 0.25) is 5.91 Å². The van der Waals surface area contributed by atoms with E-state index in [0.29, 0.717) is 17.7 Å². The van der Waals surface area contributed by atoms with Crippen molar-refractivity contribution < 1.29 is 24.2 Å². The van der Waals surface area contributed by atoms with Gasteiger partial charge in [-0.25, -0.2) is 4.79 Å². The zero-order valence-corrected chi connectivity index (χ0v) is 24.5. The van der Waals surface area contributed by atoms with Gasteiger partial charge in [0.25, 0.3) is 5.91 Å². The van der Waals surface area contributed by atoms with Crippen LogP contribution in [0.25, 0.3) is 16.8 Å². The van der Waals surface area contributed by atoms with Crippen molar-refractivity contribution in [1.82, 2.24) is 10.2 Å². The molecule has 8 nitrogen and oxygen atoms in total. The number of aliphatic hydroxyl groups excluding tert-OH is 1. The molecule has 0 radical (unpaired) electrons. The van der Waals surface area contributed by atoms with Crippen molar-refractivity contribution in [3.05, 3.63) is 84.4 Å². The topological polar surface area (TPSA) is 108 Å². The summed E-state index contributed by atoms with van der Waals surface area (Å²) in [5, 5.41) is 17.7. The maximum atomic E-state index is 14.2. The van der Waals surface area contributed by atoms with E-state index in [1.807, 2.05) is 62.4 Å². The molecule has 3 N–H and O–H groups in total. The normalized spacial score (nSPS) is 13.5. The number of amides is 3. The lowest BCUT2D eigenvalue weighted by molar-refractivity contribution is -0.142. The molecule has 0 saturated carbocycles. The van der Waals surface area contributed by atoms with Crippen LogP contribution >= 0.6 is 0 Å². The highest BCUT2D eigenvalue weighted by Crippen LogP contribution is 2.28. The van der Waals surface area contributed by atoms with Gasteiger partial charge < -0.3 is 25.4 Å². The molecule has 0 bridgehead atoms. The van der Waals surface area contributed by atoms with E-state index >= 15 is 0 Å². The van der Waals surface area contributed by atoms with Gasteiger partial charge in [0.05, 0.1) is 6.61 Å². The van der Waals surface area contributed by atoms with E-state index in [4.69, 9.17) is 4.74 Å². The number of rotatable bonds is 11. The summed E-state index contributed by atoms with van der Waals surface area (Å²) in [5.41, 5.74) is 1.13. The Morgan fingerprint density at radius 3 is 2.37 bits per heavy atom. The molecule has 3 aromatic rings. The predicted molar refractivity (Wildman–Crippen MR) is 163 cm³/mol.